The number of aliphatic hydroxyl groups is 3. The van der Waals surface area contributed by atoms with E-state index in [1.54, 1.807) is 0 Å². The van der Waals surface area contributed by atoms with Gasteiger partial charge in [-0.05, 0) is 116 Å². The van der Waals surface area contributed by atoms with Crippen LogP contribution >= 0.6 is 0 Å². The fourth-order valence-corrected chi connectivity index (χ4v) is 9.09. The van der Waals surface area contributed by atoms with Crippen LogP contribution in [0.2, 0.25) is 0 Å². The third-order valence-electron chi connectivity index (χ3n) is 11.0. The van der Waals surface area contributed by atoms with Gasteiger partial charge in [0.2, 0.25) is 5.91 Å². The van der Waals surface area contributed by atoms with Gasteiger partial charge in [0.25, 0.3) is 0 Å². The number of nitrogens with one attached hydrogen (secondary N) is 1. The first-order chi connectivity index (χ1) is 16.6. The van der Waals surface area contributed by atoms with E-state index < -0.39 is 0 Å². The maximum absolute atomic E-state index is 11.8. The van der Waals surface area contributed by atoms with Crippen molar-refractivity contribution in [3.63, 3.8) is 0 Å². The molecule has 0 spiro atoms. The predicted molar refractivity (Wildman–Crippen MR) is 134 cm³/mol. The van der Waals surface area contributed by atoms with Gasteiger partial charge in [0.1, 0.15) is 0 Å². The molecule has 0 heterocycles. The molecule has 0 saturated heterocycles. The van der Waals surface area contributed by atoms with Crippen molar-refractivity contribution in [1.82, 2.24) is 5.32 Å². The molecule has 4 aliphatic rings. The molecule has 0 bridgehead atoms. The molecule has 35 heavy (non-hydrogen) atoms. The van der Waals surface area contributed by atoms with Gasteiger partial charge < -0.3 is 20.6 Å². The first kappa shape index (κ1) is 26.5. The maximum atomic E-state index is 11.8. The normalized spacial score (nSPS) is 45.7. The Balaban J connectivity index is 1.43. The highest BCUT2D eigenvalue weighted by Crippen LogP contribution is 2.68. The zero-order chi connectivity index (χ0) is 25.4. The maximum Gasteiger partial charge on any atom is 0.243 e. The zero-order valence-electron chi connectivity index (χ0n) is 21.5. The van der Waals surface area contributed by atoms with Crippen molar-refractivity contribution in [3.8, 4) is 0 Å². The lowest BCUT2D eigenvalue weighted by atomic mass is 9.43. The number of carbonyl (C=O) groups is 1. The summed E-state index contributed by atoms with van der Waals surface area (Å²) in [6, 6.07) is 0. The fourth-order valence-electron chi connectivity index (χ4n) is 9.09. The van der Waals surface area contributed by atoms with E-state index >= 15 is 0 Å². The van der Waals surface area contributed by atoms with Crippen molar-refractivity contribution in [1.29, 1.82) is 0 Å². The van der Waals surface area contributed by atoms with E-state index in [0.29, 0.717) is 29.6 Å². The molecule has 4 fully saturated rings. The molecule has 1 unspecified atom stereocenters. The Bertz CT molecular complexity index is 860. The smallest absolute Gasteiger partial charge is 0.243 e. The molecule has 8 nitrogen and oxygen atoms in total. The number of hydrogen-bond acceptors (Lipinski definition) is 5. The van der Waals surface area contributed by atoms with Crippen LogP contribution in [-0.4, -0.2) is 46.2 Å². The number of azide groups is 1. The Labute approximate surface area is 209 Å². The third-order valence-corrected chi connectivity index (χ3v) is 11.0. The standard InChI is InChI=1S/C27H44N4O4/c1-16(6-4-5-7-24(35)29-15-30-31-28)19-8-9-20-25-21(14-23(34)27(19,20)3)26(2)11-10-18(32)12-17(26)13-22(25)33/h5,7,16-23,25,32-34H,4,6,8-15H2,1-3H3,(H,29,35)/b7-5+/t16-,17+,18-,19-,20+,21?,22-,23+,25+,26+,27-/m1/s1. The summed E-state index contributed by atoms with van der Waals surface area (Å²) < 4.78 is 0. The second-order valence-corrected chi connectivity index (χ2v) is 12.4. The van der Waals surface area contributed by atoms with Crippen LogP contribution in [0, 0.1) is 46.3 Å². The SMILES string of the molecule is C[C@H](CC/C=C/C(=O)NCN=[N+]=[N-])[C@H]1CC[C@H]2[C@H]3C(C[C@H](O)[C@]12C)[C@@]1(C)CC[C@@H](O)C[C@H]1C[C@H]3O. The van der Waals surface area contributed by atoms with Gasteiger partial charge in [-0.25, -0.2) is 0 Å². The van der Waals surface area contributed by atoms with Gasteiger partial charge in [-0.15, -0.1) is 0 Å². The minimum Gasteiger partial charge on any atom is -0.393 e. The largest absolute Gasteiger partial charge is 0.393 e. The van der Waals surface area contributed by atoms with Crippen LogP contribution in [0.15, 0.2) is 17.3 Å². The second kappa shape index (κ2) is 10.4. The first-order valence-corrected chi connectivity index (χ1v) is 13.6. The van der Waals surface area contributed by atoms with E-state index in [4.69, 9.17) is 5.53 Å². The Hall–Kier alpha value is -1.60. The number of aliphatic hydroxyl groups excluding tert-OH is 3. The van der Waals surface area contributed by atoms with Gasteiger partial charge in [0, 0.05) is 4.91 Å². The molecule has 0 radical (unpaired) electrons. The monoisotopic (exact) mass is 488 g/mol. The van der Waals surface area contributed by atoms with Crippen LogP contribution in [0.3, 0.4) is 0 Å². The Morgan fingerprint density at radius 3 is 2.69 bits per heavy atom. The molecule has 4 saturated carbocycles. The van der Waals surface area contributed by atoms with E-state index in [0.717, 1.165) is 57.8 Å². The topological polar surface area (TPSA) is 139 Å². The summed E-state index contributed by atoms with van der Waals surface area (Å²) in [5.41, 5.74) is 8.18. The molecule has 8 heteroatoms. The molecule has 0 aromatic heterocycles. The number of nitrogens with zero attached hydrogens (tertiary/aromatic N) is 3. The predicted octanol–water partition coefficient (Wildman–Crippen LogP) is 4.30. The van der Waals surface area contributed by atoms with Crippen molar-refractivity contribution in [2.75, 3.05) is 6.67 Å². The highest BCUT2D eigenvalue weighted by Gasteiger charge is 2.65. The number of amides is 1. The van der Waals surface area contributed by atoms with E-state index in [1.165, 1.54) is 6.08 Å². The molecule has 196 valence electrons. The summed E-state index contributed by atoms with van der Waals surface area (Å²) in [4.78, 5) is 14.4. The summed E-state index contributed by atoms with van der Waals surface area (Å²) >= 11 is 0. The van der Waals surface area contributed by atoms with Gasteiger partial charge in [0.15, 0.2) is 0 Å². The quantitative estimate of drug-likeness (QED) is 0.184. The van der Waals surface area contributed by atoms with Crippen molar-refractivity contribution in [3.05, 3.63) is 22.6 Å². The molecular formula is C27H44N4O4. The van der Waals surface area contributed by atoms with Gasteiger partial charge in [-0.3, -0.25) is 4.79 Å². The summed E-state index contributed by atoms with van der Waals surface area (Å²) in [6.07, 6.45) is 10.4. The minimum atomic E-state index is -0.375. The van der Waals surface area contributed by atoms with Crippen LogP contribution < -0.4 is 5.32 Å². The number of allylic oxidation sites excluding steroid dienone is 1. The lowest BCUT2D eigenvalue weighted by molar-refractivity contribution is -0.207. The summed E-state index contributed by atoms with van der Waals surface area (Å²) in [5.74, 6) is 1.74. The van der Waals surface area contributed by atoms with Gasteiger partial charge in [-0.2, -0.15) is 0 Å². The number of hydrogen-bond donors (Lipinski definition) is 4. The van der Waals surface area contributed by atoms with E-state index in [9.17, 15) is 20.1 Å². The number of carbonyl (C=O) groups excluding carboxylic acids is 1. The molecule has 11 atom stereocenters. The van der Waals surface area contributed by atoms with Gasteiger partial charge in [-0.1, -0.05) is 32.0 Å². The summed E-state index contributed by atoms with van der Waals surface area (Å²) in [7, 11) is 0. The Morgan fingerprint density at radius 1 is 1.17 bits per heavy atom. The van der Waals surface area contributed by atoms with Crippen LogP contribution in [0.4, 0.5) is 0 Å². The summed E-state index contributed by atoms with van der Waals surface area (Å²) in [5, 5.41) is 39.1. The molecule has 4 N–H and O–H groups in total. The average molecular weight is 489 g/mol. The lowest BCUT2D eigenvalue weighted by Crippen LogP contribution is -2.62. The van der Waals surface area contributed by atoms with E-state index in [2.05, 4.69) is 36.1 Å². The van der Waals surface area contributed by atoms with E-state index in [-0.39, 0.29) is 47.6 Å². The summed E-state index contributed by atoms with van der Waals surface area (Å²) in [6.45, 7) is 6.86. The Kier molecular flexibility index (Phi) is 7.87. The minimum absolute atomic E-state index is 0.0514. The number of rotatable bonds is 7. The van der Waals surface area contributed by atoms with Gasteiger partial charge >= 0.3 is 0 Å². The second-order valence-electron chi connectivity index (χ2n) is 12.4. The van der Waals surface area contributed by atoms with Crippen molar-refractivity contribution >= 4 is 5.91 Å². The molecule has 0 aromatic rings. The average Bonchev–Trinajstić information content (AvgIpc) is 3.17. The highest BCUT2D eigenvalue weighted by molar-refractivity contribution is 5.87. The molecule has 1 amide bonds. The van der Waals surface area contributed by atoms with Crippen molar-refractivity contribution in [2.45, 2.75) is 96.9 Å². The molecule has 4 aliphatic carbocycles. The van der Waals surface area contributed by atoms with Crippen LogP contribution in [0.5, 0.6) is 0 Å². The molecular weight excluding hydrogens is 444 g/mol. The number of fused-ring (bicyclic) bond motifs is 5. The Morgan fingerprint density at radius 2 is 1.94 bits per heavy atom. The highest BCUT2D eigenvalue weighted by atomic mass is 16.3. The molecule has 0 aliphatic heterocycles. The lowest BCUT2D eigenvalue weighted by Gasteiger charge is -2.63. The van der Waals surface area contributed by atoms with Gasteiger partial charge in [0.05, 0.1) is 25.0 Å². The fraction of sp³-hybridized carbons (Fsp3) is 0.889. The first-order valence-electron chi connectivity index (χ1n) is 13.6. The van der Waals surface area contributed by atoms with Crippen LogP contribution in [0.1, 0.15) is 78.6 Å². The zero-order valence-corrected chi connectivity index (χ0v) is 21.5. The van der Waals surface area contributed by atoms with Crippen LogP contribution in [0.25, 0.3) is 10.4 Å². The van der Waals surface area contributed by atoms with Crippen molar-refractivity contribution < 1.29 is 20.1 Å². The van der Waals surface area contributed by atoms with E-state index in [1.807, 2.05) is 6.08 Å². The van der Waals surface area contributed by atoms with Crippen LogP contribution in [-0.2, 0) is 4.79 Å². The van der Waals surface area contributed by atoms with Crippen molar-refractivity contribution in [2.24, 2.45) is 51.5 Å². The molecule has 4 rings (SSSR count). The molecule has 0 aromatic carbocycles. The third kappa shape index (κ3) is 4.75.